The largest absolute Gasteiger partial charge is 0.477 e. The summed E-state index contributed by atoms with van der Waals surface area (Å²) in [4.78, 5) is 38.2. The molecule has 2 aromatic heterocycles. The quantitative estimate of drug-likeness (QED) is 0.306. The molecular formula is C16H17N9O4S3. The van der Waals surface area contributed by atoms with Gasteiger partial charge in [-0.2, -0.15) is 0 Å². The van der Waals surface area contributed by atoms with Crippen LogP contribution in [0.1, 0.15) is 0 Å². The van der Waals surface area contributed by atoms with Crippen molar-refractivity contribution in [2.45, 2.75) is 21.6 Å². The zero-order valence-electron chi connectivity index (χ0n) is 16.5. The molecule has 4 heterocycles. The van der Waals surface area contributed by atoms with Crippen LogP contribution in [0.2, 0.25) is 0 Å². The van der Waals surface area contributed by atoms with Gasteiger partial charge < -0.3 is 16.2 Å². The van der Waals surface area contributed by atoms with E-state index in [1.54, 1.807) is 19.2 Å². The lowest BCUT2D eigenvalue weighted by molar-refractivity contribution is -0.150. The maximum Gasteiger partial charge on any atom is 0.352 e. The highest BCUT2D eigenvalue weighted by molar-refractivity contribution is 8.01. The van der Waals surface area contributed by atoms with Gasteiger partial charge >= 0.3 is 5.97 Å². The molecule has 16 heteroatoms. The number of tetrazole rings is 1. The number of carbonyl (C=O) groups excluding carboxylic acids is 2. The number of amides is 2. The first-order valence-corrected chi connectivity index (χ1v) is 12.1. The Morgan fingerprint density at radius 1 is 1.31 bits per heavy atom. The van der Waals surface area contributed by atoms with Gasteiger partial charge in [0, 0.05) is 18.6 Å². The Labute approximate surface area is 193 Å². The fourth-order valence-corrected chi connectivity index (χ4v) is 6.01. The number of carboxylic acids is 1. The molecule has 4 N–H and O–H groups in total. The van der Waals surface area contributed by atoms with Gasteiger partial charge in [-0.05, 0) is 28.1 Å². The highest BCUT2D eigenvalue weighted by Gasteiger charge is 2.54. The van der Waals surface area contributed by atoms with Gasteiger partial charge in [0.05, 0.1) is 5.75 Å². The summed E-state index contributed by atoms with van der Waals surface area (Å²) in [5.41, 5.74) is 6.04. The van der Waals surface area contributed by atoms with E-state index in [-0.39, 0.29) is 23.2 Å². The molecule has 0 aliphatic carbocycles. The third-order valence-corrected chi connectivity index (χ3v) is 7.89. The van der Waals surface area contributed by atoms with Gasteiger partial charge in [-0.25, -0.2) is 9.48 Å². The van der Waals surface area contributed by atoms with Crippen LogP contribution in [0, 0.1) is 0 Å². The highest BCUT2D eigenvalue weighted by atomic mass is 32.2. The minimum atomic E-state index is -1.18. The van der Waals surface area contributed by atoms with Crippen molar-refractivity contribution < 1.29 is 19.5 Å². The molecule has 0 radical (unpaired) electrons. The van der Waals surface area contributed by atoms with Crippen LogP contribution in [0.25, 0.3) is 0 Å². The van der Waals surface area contributed by atoms with Crippen molar-refractivity contribution in [2.24, 2.45) is 7.05 Å². The minimum Gasteiger partial charge on any atom is -0.477 e. The first-order chi connectivity index (χ1) is 15.3. The molecule has 4 rings (SSSR count). The lowest BCUT2D eigenvalue weighted by Crippen LogP contribution is -2.70. The number of anilines is 1. The van der Waals surface area contributed by atoms with Gasteiger partial charge in [0.2, 0.25) is 11.1 Å². The van der Waals surface area contributed by atoms with E-state index in [1.165, 1.54) is 33.1 Å². The molecule has 1 saturated heterocycles. The molecule has 2 aliphatic rings. The van der Waals surface area contributed by atoms with Crippen molar-refractivity contribution in [3.8, 4) is 0 Å². The molecule has 2 atom stereocenters. The van der Waals surface area contributed by atoms with Crippen molar-refractivity contribution in [1.82, 2.24) is 40.6 Å². The van der Waals surface area contributed by atoms with E-state index in [1.807, 2.05) is 0 Å². The number of carboxylic acid groups (broad SMARTS) is 1. The number of rotatable bonds is 8. The van der Waals surface area contributed by atoms with Crippen LogP contribution < -0.4 is 11.1 Å². The van der Waals surface area contributed by atoms with Crippen molar-refractivity contribution in [3.63, 3.8) is 0 Å². The molecule has 0 aromatic carbocycles. The summed E-state index contributed by atoms with van der Waals surface area (Å²) in [5.74, 6) is -0.933. The van der Waals surface area contributed by atoms with Crippen molar-refractivity contribution >= 4 is 58.9 Å². The summed E-state index contributed by atoms with van der Waals surface area (Å²) >= 11 is 3.86. The Morgan fingerprint density at radius 2 is 2.12 bits per heavy atom. The van der Waals surface area contributed by atoms with Crippen LogP contribution in [0.5, 0.6) is 0 Å². The highest BCUT2D eigenvalue weighted by Crippen LogP contribution is 2.41. The standard InChI is InChI=1S/C16H17N9O4S3/c1-24-16(21-22-23-24)32-5-7-4-31-14-11(13(27)25(14)12(7)15(28)29)18-9(26)6-30-10-3-2-8(17)19-20-10/h2-3,11,14H,4-6H2,1H3,(H2,17,19)(H,18,26)(H,28,29)/t11?,14-/m0/s1. The molecular weight excluding hydrogens is 478 g/mol. The maximum absolute atomic E-state index is 12.7. The zero-order valence-corrected chi connectivity index (χ0v) is 19.0. The Bertz CT molecular complexity index is 1090. The molecule has 168 valence electrons. The second-order valence-electron chi connectivity index (χ2n) is 6.67. The molecule has 2 aliphatic heterocycles. The molecule has 1 unspecified atom stereocenters. The third kappa shape index (κ3) is 4.51. The lowest BCUT2D eigenvalue weighted by atomic mass is 10.0. The first-order valence-electron chi connectivity index (χ1n) is 9.11. The molecule has 2 aromatic rings. The van der Waals surface area contributed by atoms with E-state index in [0.29, 0.717) is 27.3 Å². The number of aromatic nitrogens is 6. The van der Waals surface area contributed by atoms with E-state index in [2.05, 4.69) is 31.0 Å². The molecule has 13 nitrogen and oxygen atoms in total. The number of hydrogen-bond donors (Lipinski definition) is 3. The van der Waals surface area contributed by atoms with E-state index in [9.17, 15) is 19.5 Å². The van der Waals surface area contributed by atoms with Gasteiger partial charge in [-0.3, -0.25) is 14.5 Å². The average Bonchev–Trinajstić information content (AvgIpc) is 3.19. The number of nitrogens with two attached hydrogens (primary N) is 1. The number of aliphatic carboxylic acids is 1. The SMILES string of the molecule is Cn1nnnc1SCC1=C(C(=O)O)N2C(=O)C(NC(=O)CSc3ccc(N)nn3)[C@@H]2SC1. The van der Waals surface area contributed by atoms with Gasteiger partial charge in [-0.1, -0.05) is 23.5 Å². The monoisotopic (exact) mass is 495 g/mol. The normalized spacial score (nSPS) is 20.0. The van der Waals surface area contributed by atoms with Crippen molar-refractivity contribution in [3.05, 3.63) is 23.4 Å². The fraction of sp³-hybridized carbons (Fsp3) is 0.375. The predicted molar refractivity (Wildman–Crippen MR) is 116 cm³/mol. The number of nitrogen functional groups attached to an aromatic ring is 1. The van der Waals surface area contributed by atoms with Crippen LogP contribution in [0.4, 0.5) is 5.82 Å². The Balaban J connectivity index is 1.38. The van der Waals surface area contributed by atoms with Crippen LogP contribution in [-0.2, 0) is 21.4 Å². The Morgan fingerprint density at radius 3 is 2.78 bits per heavy atom. The number of β-lactam (4-membered cyclic amide) rings is 1. The van der Waals surface area contributed by atoms with Crippen LogP contribution >= 0.6 is 35.3 Å². The van der Waals surface area contributed by atoms with E-state index >= 15 is 0 Å². The number of nitrogens with one attached hydrogen (secondary N) is 1. The number of nitrogens with zero attached hydrogens (tertiary/aromatic N) is 7. The van der Waals surface area contributed by atoms with Gasteiger partial charge in [0.15, 0.2) is 0 Å². The smallest absolute Gasteiger partial charge is 0.352 e. The summed E-state index contributed by atoms with van der Waals surface area (Å²) in [7, 11) is 1.69. The fourth-order valence-electron chi connectivity index (χ4n) is 3.05. The average molecular weight is 496 g/mol. The van der Waals surface area contributed by atoms with Crippen LogP contribution in [-0.4, -0.2) is 86.9 Å². The topological polar surface area (TPSA) is 182 Å². The number of aryl methyl sites for hydroxylation is 1. The third-order valence-electron chi connectivity index (χ3n) is 4.53. The number of hydrogen-bond acceptors (Lipinski definition) is 12. The van der Waals surface area contributed by atoms with E-state index < -0.39 is 23.3 Å². The van der Waals surface area contributed by atoms with Crippen LogP contribution in [0.3, 0.4) is 0 Å². The molecule has 32 heavy (non-hydrogen) atoms. The Kier molecular flexibility index (Phi) is 6.52. The number of fused-ring (bicyclic) bond motifs is 1. The molecule has 0 bridgehead atoms. The zero-order chi connectivity index (χ0) is 22.8. The van der Waals surface area contributed by atoms with Crippen molar-refractivity contribution in [1.29, 1.82) is 0 Å². The van der Waals surface area contributed by atoms with Crippen molar-refractivity contribution in [2.75, 3.05) is 23.0 Å². The second-order valence-corrected chi connectivity index (χ2v) is 9.71. The summed E-state index contributed by atoms with van der Waals surface area (Å²) in [5, 5.41) is 31.8. The number of carbonyl (C=O) groups is 3. The van der Waals surface area contributed by atoms with E-state index in [0.717, 1.165) is 11.8 Å². The van der Waals surface area contributed by atoms with Gasteiger partial charge in [0.1, 0.15) is 28.0 Å². The van der Waals surface area contributed by atoms with E-state index in [4.69, 9.17) is 5.73 Å². The summed E-state index contributed by atoms with van der Waals surface area (Å²) in [6.45, 7) is 0. The molecule has 1 fully saturated rings. The molecule has 0 saturated carbocycles. The van der Waals surface area contributed by atoms with Crippen LogP contribution in [0.15, 0.2) is 33.6 Å². The predicted octanol–water partition coefficient (Wildman–Crippen LogP) is -0.795. The maximum atomic E-state index is 12.7. The minimum absolute atomic E-state index is 0.0367. The summed E-state index contributed by atoms with van der Waals surface area (Å²) in [6, 6.07) is 2.45. The number of thioether (sulfide) groups is 3. The van der Waals surface area contributed by atoms with Gasteiger partial charge in [-0.15, -0.1) is 27.1 Å². The van der Waals surface area contributed by atoms with Gasteiger partial charge in [0.25, 0.3) is 5.91 Å². The summed E-state index contributed by atoms with van der Waals surface area (Å²) < 4.78 is 1.48. The molecule has 2 amide bonds. The molecule has 0 spiro atoms. The first kappa shape index (κ1) is 22.3. The second kappa shape index (κ2) is 9.33. The Hall–Kier alpha value is -2.85. The lowest BCUT2D eigenvalue weighted by Gasteiger charge is -2.49. The summed E-state index contributed by atoms with van der Waals surface area (Å²) in [6.07, 6.45) is 0.